The third-order valence-electron chi connectivity index (χ3n) is 3.29. The quantitative estimate of drug-likeness (QED) is 0.852. The molecule has 0 radical (unpaired) electrons. The van der Waals surface area contributed by atoms with Gasteiger partial charge in [-0.05, 0) is 38.1 Å². The van der Waals surface area contributed by atoms with E-state index < -0.39 is 0 Å². The Hall–Kier alpha value is -2.01. The van der Waals surface area contributed by atoms with E-state index in [0.29, 0.717) is 30.2 Å². The molecule has 1 heterocycles. The first-order valence-electron chi connectivity index (χ1n) is 6.65. The molecule has 5 heteroatoms. The Labute approximate surface area is 118 Å². The van der Waals surface area contributed by atoms with Crippen LogP contribution in [0.15, 0.2) is 28.7 Å². The smallest absolute Gasteiger partial charge is 0.289 e. The number of carbonyl (C=O) groups is 1. The molecule has 0 saturated carbocycles. The summed E-state index contributed by atoms with van der Waals surface area (Å²) >= 11 is 0. The molecule has 20 heavy (non-hydrogen) atoms. The van der Waals surface area contributed by atoms with E-state index in [-0.39, 0.29) is 11.9 Å². The number of furan rings is 1. The average molecular weight is 276 g/mol. The van der Waals surface area contributed by atoms with Gasteiger partial charge in [0.2, 0.25) is 0 Å². The molecule has 1 unspecified atom stereocenters. The van der Waals surface area contributed by atoms with Crippen LogP contribution in [-0.4, -0.2) is 37.1 Å². The number of hydrogen-bond donors (Lipinski definition) is 1. The van der Waals surface area contributed by atoms with E-state index in [0.717, 1.165) is 5.39 Å². The van der Waals surface area contributed by atoms with Crippen molar-refractivity contribution in [3.63, 3.8) is 0 Å². The van der Waals surface area contributed by atoms with Crippen molar-refractivity contribution in [2.24, 2.45) is 0 Å². The molecule has 2 aromatic rings. The second-order valence-corrected chi connectivity index (χ2v) is 4.80. The van der Waals surface area contributed by atoms with Gasteiger partial charge < -0.3 is 19.8 Å². The van der Waals surface area contributed by atoms with Crippen molar-refractivity contribution in [2.75, 3.05) is 26.0 Å². The predicted octanol–water partition coefficient (Wildman–Crippen LogP) is 2.51. The number of nitrogens with two attached hydrogens (primary N) is 1. The summed E-state index contributed by atoms with van der Waals surface area (Å²) in [6.45, 7) is 4.98. The van der Waals surface area contributed by atoms with Crippen molar-refractivity contribution in [1.29, 1.82) is 0 Å². The van der Waals surface area contributed by atoms with Gasteiger partial charge in [-0.2, -0.15) is 0 Å². The van der Waals surface area contributed by atoms with E-state index in [1.165, 1.54) is 0 Å². The third-order valence-corrected chi connectivity index (χ3v) is 3.29. The van der Waals surface area contributed by atoms with Gasteiger partial charge in [-0.15, -0.1) is 0 Å². The van der Waals surface area contributed by atoms with E-state index >= 15 is 0 Å². The molecule has 1 aromatic carbocycles. The number of fused-ring (bicyclic) bond motifs is 1. The van der Waals surface area contributed by atoms with Crippen LogP contribution in [0.4, 0.5) is 5.69 Å². The Bertz CT molecular complexity index is 606. The molecule has 1 amide bonds. The molecule has 0 spiro atoms. The fraction of sp³-hybridized carbons (Fsp3) is 0.400. The van der Waals surface area contributed by atoms with Crippen molar-refractivity contribution in [3.05, 3.63) is 30.0 Å². The van der Waals surface area contributed by atoms with Crippen LogP contribution in [0, 0.1) is 0 Å². The normalized spacial score (nSPS) is 12.6. The maximum Gasteiger partial charge on any atom is 0.289 e. The number of nitrogen functional groups attached to an aromatic ring is 1. The van der Waals surface area contributed by atoms with E-state index in [1.54, 1.807) is 36.3 Å². The van der Waals surface area contributed by atoms with Crippen LogP contribution in [0.25, 0.3) is 11.0 Å². The summed E-state index contributed by atoms with van der Waals surface area (Å²) < 4.78 is 10.7. The van der Waals surface area contributed by atoms with Gasteiger partial charge in [0.15, 0.2) is 5.76 Å². The van der Waals surface area contributed by atoms with Crippen LogP contribution in [0.3, 0.4) is 0 Å². The first-order chi connectivity index (χ1) is 9.56. The van der Waals surface area contributed by atoms with E-state index in [4.69, 9.17) is 14.9 Å². The molecule has 1 atom stereocenters. The molecule has 108 valence electrons. The summed E-state index contributed by atoms with van der Waals surface area (Å²) in [5.74, 6) is 0.197. The summed E-state index contributed by atoms with van der Waals surface area (Å²) in [5, 5.41) is 0.837. The van der Waals surface area contributed by atoms with Gasteiger partial charge in [0.1, 0.15) is 5.58 Å². The predicted molar refractivity (Wildman–Crippen MR) is 78.7 cm³/mol. The summed E-state index contributed by atoms with van der Waals surface area (Å²) in [6.07, 6.45) is 0. The van der Waals surface area contributed by atoms with Gasteiger partial charge in [-0.25, -0.2) is 0 Å². The zero-order chi connectivity index (χ0) is 14.7. The lowest BCUT2D eigenvalue weighted by molar-refractivity contribution is 0.0552. The van der Waals surface area contributed by atoms with Gasteiger partial charge in [-0.3, -0.25) is 4.79 Å². The summed E-state index contributed by atoms with van der Waals surface area (Å²) in [5.41, 5.74) is 7.04. The monoisotopic (exact) mass is 276 g/mol. The Balaban J connectivity index is 2.29. The van der Waals surface area contributed by atoms with Crippen molar-refractivity contribution in [1.82, 2.24) is 4.90 Å². The maximum atomic E-state index is 12.5. The number of amides is 1. The zero-order valence-corrected chi connectivity index (χ0v) is 12.1. The topological polar surface area (TPSA) is 68.7 Å². The Kier molecular flexibility index (Phi) is 4.29. The number of ether oxygens (including phenoxy) is 1. The summed E-state index contributed by atoms with van der Waals surface area (Å²) in [4.78, 5) is 14.2. The number of carbonyl (C=O) groups excluding carboxylic acids is 1. The minimum Gasteiger partial charge on any atom is -0.451 e. The molecule has 0 aliphatic heterocycles. The first kappa shape index (κ1) is 14.4. The van der Waals surface area contributed by atoms with Gasteiger partial charge in [-0.1, -0.05) is 0 Å². The molecule has 0 saturated heterocycles. The highest BCUT2D eigenvalue weighted by atomic mass is 16.5. The van der Waals surface area contributed by atoms with Crippen molar-refractivity contribution in [3.8, 4) is 0 Å². The van der Waals surface area contributed by atoms with E-state index in [1.807, 2.05) is 13.8 Å². The van der Waals surface area contributed by atoms with Gasteiger partial charge in [0, 0.05) is 24.7 Å². The molecule has 0 fully saturated rings. The molecule has 0 aliphatic rings. The number of nitrogens with zero attached hydrogens (tertiary/aromatic N) is 1. The average Bonchev–Trinajstić information content (AvgIpc) is 2.82. The minimum atomic E-state index is -0.133. The third kappa shape index (κ3) is 2.77. The van der Waals surface area contributed by atoms with E-state index in [2.05, 4.69) is 0 Å². The van der Waals surface area contributed by atoms with Crippen molar-refractivity contribution in [2.45, 2.75) is 19.9 Å². The molecule has 1 aromatic heterocycles. The highest BCUT2D eigenvalue weighted by Gasteiger charge is 2.23. The number of rotatable bonds is 5. The van der Waals surface area contributed by atoms with Crippen LogP contribution in [0.1, 0.15) is 24.4 Å². The summed E-state index contributed by atoms with van der Waals surface area (Å²) in [6, 6.07) is 7.05. The second-order valence-electron chi connectivity index (χ2n) is 4.80. The molecule has 2 N–H and O–H groups in total. The zero-order valence-electron chi connectivity index (χ0n) is 12.1. The number of benzene rings is 1. The number of methoxy groups -OCH3 is 1. The lowest BCUT2D eigenvalue weighted by atomic mass is 10.2. The van der Waals surface area contributed by atoms with Crippen molar-refractivity contribution >= 4 is 22.6 Å². The fourth-order valence-corrected chi connectivity index (χ4v) is 2.30. The van der Waals surface area contributed by atoms with Crippen molar-refractivity contribution < 1.29 is 13.9 Å². The standard InChI is InChI=1S/C15H20N2O3/c1-4-17(10(2)9-19-3)15(18)14-8-11-7-12(16)5-6-13(11)20-14/h5-8,10H,4,9,16H2,1-3H3. The molecule has 0 bridgehead atoms. The SMILES string of the molecule is CCN(C(=O)c1cc2cc(N)ccc2o1)C(C)COC. The van der Waals surface area contributed by atoms with Crippen LogP contribution >= 0.6 is 0 Å². The van der Waals surface area contributed by atoms with Crippen LogP contribution in [0.5, 0.6) is 0 Å². The Morgan fingerprint density at radius 2 is 2.20 bits per heavy atom. The number of likely N-dealkylation sites (N-methyl/N-ethyl adjacent to an activating group) is 1. The van der Waals surface area contributed by atoms with Crippen LogP contribution < -0.4 is 5.73 Å². The van der Waals surface area contributed by atoms with Crippen LogP contribution in [-0.2, 0) is 4.74 Å². The van der Waals surface area contributed by atoms with Gasteiger partial charge >= 0.3 is 0 Å². The molecule has 2 rings (SSSR count). The Morgan fingerprint density at radius 3 is 2.85 bits per heavy atom. The van der Waals surface area contributed by atoms with Gasteiger partial charge in [0.25, 0.3) is 5.91 Å². The highest BCUT2D eigenvalue weighted by Crippen LogP contribution is 2.23. The Morgan fingerprint density at radius 1 is 1.45 bits per heavy atom. The van der Waals surface area contributed by atoms with Gasteiger partial charge in [0.05, 0.1) is 12.6 Å². The molecular weight excluding hydrogens is 256 g/mol. The largest absolute Gasteiger partial charge is 0.451 e. The highest BCUT2D eigenvalue weighted by molar-refractivity contribution is 5.96. The molecule has 0 aliphatic carbocycles. The number of anilines is 1. The molecule has 5 nitrogen and oxygen atoms in total. The first-order valence-corrected chi connectivity index (χ1v) is 6.65. The minimum absolute atomic E-state index is 0.00391. The fourth-order valence-electron chi connectivity index (χ4n) is 2.30. The number of hydrogen-bond acceptors (Lipinski definition) is 4. The maximum absolute atomic E-state index is 12.5. The van der Waals surface area contributed by atoms with E-state index in [9.17, 15) is 4.79 Å². The summed E-state index contributed by atoms with van der Waals surface area (Å²) in [7, 11) is 1.62. The second kappa shape index (κ2) is 5.96. The lowest BCUT2D eigenvalue weighted by Crippen LogP contribution is -2.40. The van der Waals surface area contributed by atoms with Crippen LogP contribution in [0.2, 0.25) is 0 Å². The molecular formula is C15H20N2O3. The lowest BCUT2D eigenvalue weighted by Gasteiger charge is -2.26.